The van der Waals surface area contributed by atoms with Gasteiger partial charge in [0.2, 0.25) is 5.91 Å². The van der Waals surface area contributed by atoms with Gasteiger partial charge in [0, 0.05) is 18.0 Å². The van der Waals surface area contributed by atoms with Crippen LogP contribution in [0.25, 0.3) is 0 Å². The summed E-state index contributed by atoms with van der Waals surface area (Å²) in [6, 6.07) is 9.82. The van der Waals surface area contributed by atoms with Crippen molar-refractivity contribution < 1.29 is 4.79 Å². The first-order valence-corrected chi connectivity index (χ1v) is 9.16. The van der Waals surface area contributed by atoms with Crippen molar-refractivity contribution in [2.75, 3.05) is 13.1 Å². The molecule has 0 spiro atoms. The predicted octanol–water partition coefficient (Wildman–Crippen LogP) is 2.75. The second-order valence-electron chi connectivity index (χ2n) is 5.56. The number of aryl methyl sites for hydroxylation is 2. The Balaban J connectivity index is 0.00000338. The van der Waals surface area contributed by atoms with Gasteiger partial charge >= 0.3 is 0 Å². The van der Waals surface area contributed by atoms with E-state index in [1.807, 2.05) is 44.2 Å². The van der Waals surface area contributed by atoms with Gasteiger partial charge in [-0.2, -0.15) is 0 Å². The van der Waals surface area contributed by atoms with Gasteiger partial charge in [0.1, 0.15) is 11.6 Å². The van der Waals surface area contributed by atoms with Crippen LogP contribution in [-0.4, -0.2) is 29.9 Å². The number of rotatable bonds is 7. The van der Waals surface area contributed by atoms with Gasteiger partial charge < -0.3 is 16.0 Å². The first-order chi connectivity index (χ1) is 12.1. The fraction of sp³-hybridized carbons (Fsp3) is 0.389. The number of carbonyl (C=O) groups is 1. The zero-order valence-electron chi connectivity index (χ0n) is 15.3. The van der Waals surface area contributed by atoms with Gasteiger partial charge in [-0.25, -0.2) is 9.98 Å². The van der Waals surface area contributed by atoms with Crippen molar-refractivity contribution in [3.05, 3.63) is 51.5 Å². The predicted molar refractivity (Wildman–Crippen MR) is 118 cm³/mol. The normalized spacial score (nSPS) is 10.8. The smallest absolute Gasteiger partial charge is 0.242 e. The molecule has 0 aliphatic rings. The van der Waals surface area contributed by atoms with Crippen LogP contribution in [-0.2, 0) is 17.9 Å². The second-order valence-corrected chi connectivity index (χ2v) is 6.85. The van der Waals surface area contributed by atoms with Crippen LogP contribution in [0.3, 0.4) is 0 Å². The third-order valence-electron chi connectivity index (χ3n) is 3.54. The van der Waals surface area contributed by atoms with Gasteiger partial charge in [0.15, 0.2) is 5.96 Å². The molecule has 0 fully saturated rings. The maximum atomic E-state index is 12.0. The maximum absolute atomic E-state index is 12.0. The highest BCUT2D eigenvalue weighted by Crippen LogP contribution is 2.15. The number of hydrogen-bond acceptors (Lipinski definition) is 4. The Hall–Kier alpha value is -1.68. The molecule has 1 aromatic heterocycles. The van der Waals surface area contributed by atoms with Crippen molar-refractivity contribution in [2.45, 2.75) is 33.9 Å². The number of nitrogens with one attached hydrogen (secondary N) is 3. The van der Waals surface area contributed by atoms with Gasteiger partial charge in [0.05, 0.1) is 12.2 Å². The Bertz CT molecular complexity index is 698. The van der Waals surface area contributed by atoms with E-state index in [4.69, 9.17) is 0 Å². The highest BCUT2D eigenvalue weighted by molar-refractivity contribution is 14.0. The van der Waals surface area contributed by atoms with E-state index >= 15 is 0 Å². The highest BCUT2D eigenvalue weighted by Gasteiger charge is 2.06. The molecule has 1 aromatic carbocycles. The molecule has 3 N–H and O–H groups in total. The maximum Gasteiger partial charge on any atom is 0.242 e. The molecule has 0 saturated carbocycles. The molecular formula is C18H26IN5OS. The first-order valence-electron chi connectivity index (χ1n) is 8.34. The molecule has 26 heavy (non-hydrogen) atoms. The minimum absolute atomic E-state index is 0. The summed E-state index contributed by atoms with van der Waals surface area (Å²) >= 11 is 1.67. The average molecular weight is 487 g/mol. The Morgan fingerprint density at radius 1 is 1.12 bits per heavy atom. The molecule has 0 bridgehead atoms. The fourth-order valence-electron chi connectivity index (χ4n) is 2.12. The molecule has 0 saturated heterocycles. The third kappa shape index (κ3) is 7.69. The molecule has 2 rings (SSSR count). The van der Waals surface area contributed by atoms with Crippen LogP contribution < -0.4 is 16.0 Å². The number of hydrogen-bond donors (Lipinski definition) is 3. The Morgan fingerprint density at radius 3 is 2.46 bits per heavy atom. The van der Waals surface area contributed by atoms with E-state index < -0.39 is 0 Å². The lowest BCUT2D eigenvalue weighted by Gasteiger charge is -2.10. The Morgan fingerprint density at radius 2 is 1.85 bits per heavy atom. The number of amides is 1. The van der Waals surface area contributed by atoms with E-state index in [1.54, 1.807) is 11.3 Å². The molecular weight excluding hydrogens is 461 g/mol. The number of nitrogens with zero attached hydrogens (tertiary/aromatic N) is 2. The largest absolute Gasteiger partial charge is 0.357 e. The number of guanidine groups is 1. The van der Waals surface area contributed by atoms with Crippen LogP contribution in [0.4, 0.5) is 0 Å². The summed E-state index contributed by atoms with van der Waals surface area (Å²) in [6.45, 7) is 7.97. The number of aromatic nitrogens is 1. The first kappa shape index (κ1) is 22.4. The molecule has 1 amide bonds. The summed E-state index contributed by atoms with van der Waals surface area (Å²) in [5, 5.41) is 10.2. The van der Waals surface area contributed by atoms with Gasteiger partial charge in [-0.3, -0.25) is 4.79 Å². The molecule has 0 aliphatic carbocycles. The van der Waals surface area contributed by atoms with Crippen LogP contribution in [0, 0.1) is 13.8 Å². The average Bonchev–Trinajstić information content (AvgIpc) is 2.94. The number of aliphatic imine (C=N–C) groups is 1. The van der Waals surface area contributed by atoms with Crippen LogP contribution >= 0.6 is 35.3 Å². The van der Waals surface area contributed by atoms with Gasteiger partial charge in [-0.15, -0.1) is 35.3 Å². The van der Waals surface area contributed by atoms with Crippen LogP contribution in [0.5, 0.6) is 0 Å². The SMILES string of the molecule is CCNC(=NCC(=O)NCc1ccccc1)NCc1nc(C)c(C)s1.I. The lowest BCUT2D eigenvalue weighted by molar-refractivity contribution is -0.119. The summed E-state index contributed by atoms with van der Waals surface area (Å²) < 4.78 is 0. The molecule has 142 valence electrons. The standard InChI is InChI=1S/C18H25N5OS.HI/c1-4-19-18(22-12-17-23-13(2)14(3)25-17)21-11-16(24)20-10-15-8-6-5-7-9-15;/h5-9H,4,10-12H2,1-3H3,(H,20,24)(H2,19,21,22);1H. The lowest BCUT2D eigenvalue weighted by atomic mass is 10.2. The zero-order chi connectivity index (χ0) is 18.1. The summed E-state index contributed by atoms with van der Waals surface area (Å²) in [4.78, 5) is 22.0. The minimum Gasteiger partial charge on any atom is -0.357 e. The molecule has 0 unspecified atom stereocenters. The monoisotopic (exact) mass is 487 g/mol. The molecule has 6 nitrogen and oxygen atoms in total. The topological polar surface area (TPSA) is 78.4 Å². The summed E-state index contributed by atoms with van der Waals surface area (Å²) in [5.74, 6) is 0.505. The Labute approximate surface area is 175 Å². The molecule has 8 heteroatoms. The van der Waals surface area contributed by atoms with E-state index in [9.17, 15) is 4.79 Å². The number of thiazole rings is 1. The van der Waals surface area contributed by atoms with E-state index in [2.05, 4.69) is 32.9 Å². The van der Waals surface area contributed by atoms with Crippen molar-refractivity contribution in [1.29, 1.82) is 0 Å². The summed E-state index contributed by atoms with van der Waals surface area (Å²) in [5.41, 5.74) is 2.13. The lowest BCUT2D eigenvalue weighted by Crippen LogP contribution is -2.38. The molecule has 2 aromatic rings. The van der Waals surface area contributed by atoms with E-state index in [0.29, 0.717) is 19.0 Å². The van der Waals surface area contributed by atoms with Crippen molar-refractivity contribution >= 4 is 47.2 Å². The van der Waals surface area contributed by atoms with Crippen LogP contribution in [0.15, 0.2) is 35.3 Å². The number of halogens is 1. The molecule has 1 heterocycles. The van der Waals surface area contributed by atoms with Gasteiger partial charge in [-0.05, 0) is 26.3 Å². The third-order valence-corrected chi connectivity index (χ3v) is 4.61. The Kier molecular flexibility index (Phi) is 10.2. The molecule has 0 aliphatic heterocycles. The summed E-state index contributed by atoms with van der Waals surface area (Å²) in [7, 11) is 0. The van der Waals surface area contributed by atoms with Crippen molar-refractivity contribution in [3.63, 3.8) is 0 Å². The van der Waals surface area contributed by atoms with E-state index in [1.165, 1.54) is 4.88 Å². The van der Waals surface area contributed by atoms with Crippen LogP contribution in [0.1, 0.15) is 28.1 Å². The molecule has 0 radical (unpaired) electrons. The number of benzene rings is 1. The van der Waals surface area contributed by atoms with Crippen molar-refractivity contribution in [1.82, 2.24) is 20.9 Å². The van der Waals surface area contributed by atoms with Crippen molar-refractivity contribution in [2.24, 2.45) is 4.99 Å². The van der Waals surface area contributed by atoms with E-state index in [0.717, 1.165) is 22.8 Å². The van der Waals surface area contributed by atoms with Gasteiger partial charge in [0.25, 0.3) is 0 Å². The highest BCUT2D eigenvalue weighted by atomic mass is 127. The van der Waals surface area contributed by atoms with E-state index in [-0.39, 0.29) is 36.4 Å². The van der Waals surface area contributed by atoms with Gasteiger partial charge in [-0.1, -0.05) is 30.3 Å². The number of carbonyl (C=O) groups excluding carboxylic acids is 1. The zero-order valence-corrected chi connectivity index (χ0v) is 18.5. The van der Waals surface area contributed by atoms with Crippen LogP contribution in [0.2, 0.25) is 0 Å². The summed E-state index contributed by atoms with van der Waals surface area (Å²) in [6.07, 6.45) is 0. The fourth-order valence-corrected chi connectivity index (χ4v) is 2.99. The quantitative estimate of drug-likeness (QED) is 0.319. The second kappa shape index (κ2) is 11.8. The molecule has 0 atom stereocenters. The minimum atomic E-state index is -0.109. The van der Waals surface area contributed by atoms with Crippen molar-refractivity contribution in [3.8, 4) is 0 Å².